The smallest absolute Gasteiger partial charge is 0.219 e. The Morgan fingerprint density at radius 2 is 2.26 bits per heavy atom. The van der Waals surface area contributed by atoms with E-state index in [1.807, 2.05) is 0 Å². The highest BCUT2D eigenvalue weighted by Gasteiger charge is 2.19. The predicted molar refractivity (Wildman–Crippen MR) is 81.1 cm³/mol. The predicted octanol–water partition coefficient (Wildman–Crippen LogP) is 2.97. The molecule has 3 nitrogen and oxygen atoms in total. The number of unbranched alkanes of at least 4 members (excludes halogenated alkanes) is 1. The maximum atomic E-state index is 11.3. The molecule has 1 aliphatic heterocycles. The van der Waals surface area contributed by atoms with Crippen LogP contribution in [0.15, 0.2) is 12.2 Å². The number of carbonyl (C=O) groups excluding carboxylic acids is 1. The lowest BCUT2D eigenvalue weighted by molar-refractivity contribution is -0.121. The number of hydrogen-bond acceptors (Lipinski definition) is 2. The van der Waals surface area contributed by atoms with Gasteiger partial charge in [-0.25, -0.2) is 0 Å². The van der Waals surface area contributed by atoms with Gasteiger partial charge in [-0.2, -0.15) is 0 Å². The van der Waals surface area contributed by atoms with Crippen molar-refractivity contribution in [2.75, 3.05) is 26.7 Å². The molecule has 1 rings (SSSR count). The minimum absolute atomic E-state index is 0.182. The van der Waals surface area contributed by atoms with Crippen molar-refractivity contribution >= 4 is 5.91 Å². The van der Waals surface area contributed by atoms with E-state index in [1.165, 1.54) is 45.3 Å². The number of likely N-dealkylation sites (tertiary alicyclic amines) is 1. The average molecular weight is 266 g/mol. The third kappa shape index (κ3) is 7.36. The highest BCUT2D eigenvalue weighted by atomic mass is 16.1. The van der Waals surface area contributed by atoms with Crippen molar-refractivity contribution in [2.45, 2.75) is 51.9 Å². The van der Waals surface area contributed by atoms with Crippen LogP contribution in [0.5, 0.6) is 0 Å². The van der Waals surface area contributed by atoms with E-state index in [0.717, 1.165) is 18.8 Å². The number of hydrogen-bond donors (Lipinski definition) is 1. The third-order valence-corrected chi connectivity index (χ3v) is 3.91. The van der Waals surface area contributed by atoms with Crippen LogP contribution in [0.25, 0.3) is 0 Å². The highest BCUT2D eigenvalue weighted by molar-refractivity contribution is 5.75. The second-order valence-corrected chi connectivity index (χ2v) is 5.54. The van der Waals surface area contributed by atoms with E-state index < -0.39 is 0 Å². The number of amides is 1. The summed E-state index contributed by atoms with van der Waals surface area (Å²) in [4.78, 5) is 13.9. The van der Waals surface area contributed by atoms with Gasteiger partial charge in [0, 0.05) is 20.0 Å². The van der Waals surface area contributed by atoms with E-state index in [1.54, 1.807) is 7.05 Å². The van der Waals surface area contributed by atoms with Crippen LogP contribution < -0.4 is 5.32 Å². The SMILES string of the molecule is CC/C=C\CCCN1CCC[C@H](CCC(=O)NC)C1. The summed E-state index contributed by atoms with van der Waals surface area (Å²) >= 11 is 0. The lowest BCUT2D eigenvalue weighted by Gasteiger charge is -2.32. The van der Waals surface area contributed by atoms with Crippen LogP contribution in [0.4, 0.5) is 0 Å². The first-order chi connectivity index (χ1) is 9.26. The average Bonchev–Trinajstić information content (AvgIpc) is 2.45. The van der Waals surface area contributed by atoms with Gasteiger partial charge in [0.15, 0.2) is 0 Å². The van der Waals surface area contributed by atoms with E-state index in [0.29, 0.717) is 6.42 Å². The minimum atomic E-state index is 0.182. The highest BCUT2D eigenvalue weighted by Crippen LogP contribution is 2.21. The summed E-state index contributed by atoms with van der Waals surface area (Å²) in [6.07, 6.45) is 12.5. The van der Waals surface area contributed by atoms with Crippen molar-refractivity contribution in [3.05, 3.63) is 12.2 Å². The van der Waals surface area contributed by atoms with E-state index in [9.17, 15) is 4.79 Å². The number of rotatable bonds is 8. The monoisotopic (exact) mass is 266 g/mol. The van der Waals surface area contributed by atoms with Crippen molar-refractivity contribution in [1.29, 1.82) is 0 Å². The lowest BCUT2D eigenvalue weighted by Crippen LogP contribution is -2.36. The summed E-state index contributed by atoms with van der Waals surface area (Å²) in [7, 11) is 1.72. The Balaban J connectivity index is 2.15. The summed E-state index contributed by atoms with van der Waals surface area (Å²) in [5.41, 5.74) is 0. The largest absolute Gasteiger partial charge is 0.359 e. The Kier molecular flexibility index (Phi) is 8.55. The maximum Gasteiger partial charge on any atom is 0.219 e. The van der Waals surface area contributed by atoms with Crippen LogP contribution >= 0.6 is 0 Å². The molecule has 0 bridgehead atoms. The molecular formula is C16H30N2O. The van der Waals surface area contributed by atoms with Crippen molar-refractivity contribution in [1.82, 2.24) is 10.2 Å². The number of carbonyl (C=O) groups is 1. The third-order valence-electron chi connectivity index (χ3n) is 3.91. The minimum Gasteiger partial charge on any atom is -0.359 e. The van der Waals surface area contributed by atoms with Crippen molar-refractivity contribution in [3.63, 3.8) is 0 Å². The first-order valence-electron chi connectivity index (χ1n) is 7.84. The van der Waals surface area contributed by atoms with Crippen molar-refractivity contribution in [2.24, 2.45) is 5.92 Å². The second kappa shape index (κ2) is 10.0. The fourth-order valence-electron chi connectivity index (χ4n) is 2.77. The molecule has 0 unspecified atom stereocenters. The van der Waals surface area contributed by atoms with Crippen LogP contribution in [-0.4, -0.2) is 37.5 Å². The van der Waals surface area contributed by atoms with E-state index in [2.05, 4.69) is 29.3 Å². The van der Waals surface area contributed by atoms with Gasteiger partial charge < -0.3 is 10.2 Å². The van der Waals surface area contributed by atoms with E-state index in [4.69, 9.17) is 0 Å². The molecule has 0 spiro atoms. The molecule has 110 valence electrons. The second-order valence-electron chi connectivity index (χ2n) is 5.54. The van der Waals surface area contributed by atoms with Gasteiger partial charge in [0.1, 0.15) is 0 Å². The summed E-state index contributed by atoms with van der Waals surface area (Å²) in [6, 6.07) is 0. The van der Waals surface area contributed by atoms with E-state index >= 15 is 0 Å². The molecule has 1 fully saturated rings. The first kappa shape index (κ1) is 16.2. The Morgan fingerprint density at radius 1 is 1.42 bits per heavy atom. The summed E-state index contributed by atoms with van der Waals surface area (Å²) < 4.78 is 0. The zero-order valence-corrected chi connectivity index (χ0v) is 12.7. The summed E-state index contributed by atoms with van der Waals surface area (Å²) in [5.74, 6) is 0.902. The van der Waals surface area contributed by atoms with Crippen LogP contribution in [0.1, 0.15) is 51.9 Å². The molecule has 1 atom stereocenters. The van der Waals surface area contributed by atoms with Gasteiger partial charge in [0.05, 0.1) is 0 Å². The normalized spacial score (nSPS) is 20.8. The van der Waals surface area contributed by atoms with Crippen LogP contribution in [0.2, 0.25) is 0 Å². The Morgan fingerprint density at radius 3 is 3.00 bits per heavy atom. The number of nitrogens with one attached hydrogen (secondary N) is 1. The van der Waals surface area contributed by atoms with E-state index in [-0.39, 0.29) is 5.91 Å². The summed E-state index contributed by atoms with van der Waals surface area (Å²) in [5, 5.41) is 2.71. The fraction of sp³-hybridized carbons (Fsp3) is 0.812. The van der Waals surface area contributed by atoms with Gasteiger partial charge >= 0.3 is 0 Å². The zero-order chi connectivity index (χ0) is 13.9. The number of nitrogens with zero attached hydrogens (tertiary/aromatic N) is 1. The van der Waals surface area contributed by atoms with Crippen LogP contribution in [0.3, 0.4) is 0 Å². The molecule has 1 saturated heterocycles. The standard InChI is InChI=1S/C16H30N2O/c1-3-4-5-6-7-12-18-13-8-9-15(14-18)10-11-16(19)17-2/h4-5,15H,3,6-14H2,1-2H3,(H,17,19)/b5-4-/t15-/m1/s1. The van der Waals surface area contributed by atoms with Gasteiger partial charge in [-0.1, -0.05) is 19.1 Å². The Bertz CT molecular complexity index is 276. The molecule has 1 N–H and O–H groups in total. The fourth-order valence-corrected chi connectivity index (χ4v) is 2.77. The van der Waals surface area contributed by atoms with Crippen molar-refractivity contribution in [3.8, 4) is 0 Å². The van der Waals surface area contributed by atoms with Gasteiger partial charge in [0.25, 0.3) is 0 Å². The lowest BCUT2D eigenvalue weighted by atomic mass is 9.93. The van der Waals surface area contributed by atoms with Gasteiger partial charge in [-0.05, 0) is 57.5 Å². The molecule has 3 heteroatoms. The topological polar surface area (TPSA) is 32.3 Å². The van der Waals surface area contributed by atoms with Gasteiger partial charge in [-0.15, -0.1) is 0 Å². The number of piperidine rings is 1. The molecule has 1 amide bonds. The van der Waals surface area contributed by atoms with Gasteiger partial charge in [0.2, 0.25) is 5.91 Å². The van der Waals surface area contributed by atoms with Crippen LogP contribution in [0, 0.1) is 5.92 Å². The van der Waals surface area contributed by atoms with Crippen LogP contribution in [-0.2, 0) is 4.79 Å². The molecule has 0 aliphatic carbocycles. The zero-order valence-electron chi connectivity index (χ0n) is 12.7. The molecule has 0 aromatic carbocycles. The molecule has 19 heavy (non-hydrogen) atoms. The Hall–Kier alpha value is -0.830. The molecule has 0 radical (unpaired) electrons. The van der Waals surface area contributed by atoms with Gasteiger partial charge in [-0.3, -0.25) is 4.79 Å². The molecule has 0 aromatic heterocycles. The maximum absolute atomic E-state index is 11.3. The Labute approximate surface area is 118 Å². The summed E-state index contributed by atoms with van der Waals surface area (Å²) in [6.45, 7) is 5.82. The van der Waals surface area contributed by atoms with Crippen molar-refractivity contribution < 1.29 is 4.79 Å². The molecule has 1 aliphatic rings. The quantitative estimate of drug-likeness (QED) is 0.541. The molecule has 1 heterocycles. The molecule has 0 saturated carbocycles. The molecule has 0 aromatic rings. The molecular weight excluding hydrogens is 236 g/mol. The first-order valence-corrected chi connectivity index (χ1v) is 7.84. The number of allylic oxidation sites excluding steroid dienone is 2.